The summed E-state index contributed by atoms with van der Waals surface area (Å²) in [6.07, 6.45) is 2.61. The van der Waals surface area contributed by atoms with E-state index in [1.807, 2.05) is 7.05 Å². The maximum absolute atomic E-state index is 10.0. The number of hydrogen-bond acceptors (Lipinski definition) is 2. The van der Waals surface area contributed by atoms with Gasteiger partial charge in [-0.25, -0.2) is 4.98 Å². The highest BCUT2D eigenvalue weighted by atomic mass is 35.5. The number of halogens is 2. The quantitative estimate of drug-likeness (QED) is 0.898. The SMILES string of the molecule is Cn1cnc(C(O)c2ccc(Cl)c(Cl)c2)c1. The molecule has 1 atom stereocenters. The lowest BCUT2D eigenvalue weighted by atomic mass is 10.1. The summed E-state index contributed by atoms with van der Waals surface area (Å²) in [5, 5.41) is 10.9. The van der Waals surface area contributed by atoms with E-state index >= 15 is 0 Å². The Balaban J connectivity index is 2.33. The van der Waals surface area contributed by atoms with Gasteiger partial charge in [0.2, 0.25) is 0 Å². The van der Waals surface area contributed by atoms with Gasteiger partial charge >= 0.3 is 0 Å². The molecule has 1 N–H and O–H groups in total. The summed E-state index contributed by atoms with van der Waals surface area (Å²) in [5.41, 5.74) is 1.26. The van der Waals surface area contributed by atoms with Crippen LogP contribution < -0.4 is 0 Å². The van der Waals surface area contributed by atoms with Gasteiger partial charge in [0.25, 0.3) is 0 Å². The van der Waals surface area contributed by atoms with Crippen molar-refractivity contribution >= 4 is 23.2 Å². The van der Waals surface area contributed by atoms with E-state index in [9.17, 15) is 5.11 Å². The van der Waals surface area contributed by atoms with Crippen LogP contribution in [0.25, 0.3) is 0 Å². The molecular formula is C11H10Cl2N2O. The smallest absolute Gasteiger partial charge is 0.123 e. The molecule has 3 nitrogen and oxygen atoms in total. The normalized spacial score (nSPS) is 12.8. The first kappa shape index (κ1) is 11.5. The third-order valence-corrected chi connectivity index (χ3v) is 3.00. The lowest BCUT2D eigenvalue weighted by Gasteiger charge is -2.08. The number of aliphatic hydroxyl groups is 1. The van der Waals surface area contributed by atoms with E-state index < -0.39 is 6.10 Å². The third-order valence-electron chi connectivity index (χ3n) is 2.26. The minimum atomic E-state index is -0.782. The Hall–Kier alpha value is -1.03. The van der Waals surface area contributed by atoms with Crippen molar-refractivity contribution in [3.63, 3.8) is 0 Å². The molecule has 0 saturated heterocycles. The van der Waals surface area contributed by atoms with Crippen LogP contribution in [0.2, 0.25) is 10.0 Å². The van der Waals surface area contributed by atoms with Gasteiger partial charge in [0.1, 0.15) is 6.10 Å². The molecule has 84 valence electrons. The monoisotopic (exact) mass is 256 g/mol. The summed E-state index contributed by atoms with van der Waals surface area (Å²) in [7, 11) is 1.85. The first-order valence-electron chi connectivity index (χ1n) is 4.69. The Labute approximate surface area is 103 Å². The van der Waals surface area contributed by atoms with Gasteiger partial charge < -0.3 is 9.67 Å². The molecule has 0 saturated carbocycles. The van der Waals surface area contributed by atoms with Crippen molar-refractivity contribution in [1.82, 2.24) is 9.55 Å². The fraction of sp³-hybridized carbons (Fsp3) is 0.182. The van der Waals surface area contributed by atoms with Gasteiger partial charge in [-0.05, 0) is 17.7 Å². The maximum atomic E-state index is 10.0. The average Bonchev–Trinajstić information content (AvgIpc) is 2.68. The predicted molar refractivity (Wildman–Crippen MR) is 63.7 cm³/mol. The van der Waals surface area contributed by atoms with Gasteiger partial charge in [-0.2, -0.15) is 0 Å². The van der Waals surface area contributed by atoms with Crippen LogP contribution in [0.15, 0.2) is 30.7 Å². The fourth-order valence-corrected chi connectivity index (χ4v) is 1.73. The number of hydrogen-bond donors (Lipinski definition) is 1. The Bertz CT molecular complexity index is 510. The van der Waals surface area contributed by atoms with Crippen LogP contribution in [0.4, 0.5) is 0 Å². The van der Waals surface area contributed by atoms with E-state index in [0.717, 1.165) is 0 Å². The van der Waals surface area contributed by atoms with Gasteiger partial charge in [0, 0.05) is 13.2 Å². The second-order valence-corrected chi connectivity index (χ2v) is 4.35. The fourth-order valence-electron chi connectivity index (χ4n) is 1.43. The van der Waals surface area contributed by atoms with Crippen molar-refractivity contribution in [3.05, 3.63) is 52.0 Å². The van der Waals surface area contributed by atoms with Crippen LogP contribution in [-0.4, -0.2) is 14.7 Å². The molecule has 0 aliphatic heterocycles. The second-order valence-electron chi connectivity index (χ2n) is 3.54. The minimum absolute atomic E-state index is 0.425. The van der Waals surface area contributed by atoms with Crippen LogP contribution in [0.1, 0.15) is 17.4 Å². The third kappa shape index (κ3) is 2.21. The molecule has 16 heavy (non-hydrogen) atoms. The summed E-state index contributed by atoms with van der Waals surface area (Å²) in [6.45, 7) is 0. The molecule has 1 aromatic heterocycles. The maximum Gasteiger partial charge on any atom is 0.123 e. The van der Waals surface area contributed by atoms with E-state index in [1.54, 1.807) is 35.3 Å². The molecule has 0 fully saturated rings. The Kier molecular flexibility index (Phi) is 3.19. The minimum Gasteiger partial charge on any atom is -0.382 e. The lowest BCUT2D eigenvalue weighted by Crippen LogP contribution is -1.99. The van der Waals surface area contributed by atoms with Gasteiger partial charge in [0.05, 0.1) is 22.1 Å². The molecule has 0 bridgehead atoms. The van der Waals surface area contributed by atoms with Gasteiger partial charge in [-0.15, -0.1) is 0 Å². The van der Waals surface area contributed by atoms with E-state index in [1.165, 1.54) is 0 Å². The summed E-state index contributed by atoms with van der Waals surface area (Å²) in [5.74, 6) is 0. The van der Waals surface area contributed by atoms with Crippen LogP contribution in [-0.2, 0) is 7.05 Å². The van der Waals surface area contributed by atoms with Gasteiger partial charge in [-0.1, -0.05) is 29.3 Å². The molecule has 1 unspecified atom stereocenters. The van der Waals surface area contributed by atoms with E-state index in [0.29, 0.717) is 21.3 Å². The lowest BCUT2D eigenvalue weighted by molar-refractivity contribution is 0.216. The van der Waals surface area contributed by atoms with Crippen LogP contribution in [0.3, 0.4) is 0 Å². The number of aliphatic hydroxyl groups excluding tert-OH is 1. The number of imidazole rings is 1. The average molecular weight is 257 g/mol. The van der Waals surface area contributed by atoms with E-state index in [-0.39, 0.29) is 0 Å². The molecular weight excluding hydrogens is 247 g/mol. The van der Waals surface area contributed by atoms with Crippen molar-refractivity contribution < 1.29 is 5.11 Å². The summed E-state index contributed by atoms with van der Waals surface area (Å²) < 4.78 is 1.77. The molecule has 0 aliphatic carbocycles. The van der Waals surface area contributed by atoms with Crippen molar-refractivity contribution in [1.29, 1.82) is 0 Å². The standard InChI is InChI=1S/C11H10Cl2N2O/c1-15-5-10(14-6-15)11(16)7-2-3-8(12)9(13)4-7/h2-6,11,16H,1H3. The number of aromatic nitrogens is 2. The zero-order valence-corrected chi connectivity index (χ0v) is 10.1. The molecule has 2 aromatic rings. The van der Waals surface area contributed by atoms with Crippen molar-refractivity contribution in [2.24, 2.45) is 7.05 Å². The largest absolute Gasteiger partial charge is 0.382 e. The zero-order valence-electron chi connectivity index (χ0n) is 8.56. The highest BCUT2D eigenvalue weighted by Crippen LogP contribution is 2.27. The summed E-state index contributed by atoms with van der Waals surface area (Å²) >= 11 is 11.7. The molecule has 0 spiro atoms. The zero-order chi connectivity index (χ0) is 11.7. The van der Waals surface area contributed by atoms with Crippen molar-refractivity contribution in [2.75, 3.05) is 0 Å². The first-order chi connectivity index (χ1) is 7.58. The van der Waals surface area contributed by atoms with Crippen LogP contribution >= 0.6 is 23.2 Å². The second kappa shape index (κ2) is 4.45. The molecule has 1 heterocycles. The Morgan fingerprint density at radius 1 is 1.31 bits per heavy atom. The molecule has 0 radical (unpaired) electrons. The topological polar surface area (TPSA) is 38.0 Å². The Morgan fingerprint density at radius 3 is 2.62 bits per heavy atom. The van der Waals surface area contributed by atoms with Gasteiger partial charge in [-0.3, -0.25) is 0 Å². The Morgan fingerprint density at radius 2 is 2.06 bits per heavy atom. The first-order valence-corrected chi connectivity index (χ1v) is 5.44. The molecule has 5 heteroatoms. The number of benzene rings is 1. The highest BCUT2D eigenvalue weighted by molar-refractivity contribution is 6.42. The molecule has 0 aliphatic rings. The number of nitrogens with zero attached hydrogens (tertiary/aromatic N) is 2. The highest BCUT2D eigenvalue weighted by Gasteiger charge is 2.14. The summed E-state index contributed by atoms with van der Waals surface area (Å²) in [4.78, 5) is 4.08. The van der Waals surface area contributed by atoms with Crippen LogP contribution in [0, 0.1) is 0 Å². The molecule has 1 aromatic carbocycles. The van der Waals surface area contributed by atoms with E-state index in [2.05, 4.69) is 4.98 Å². The van der Waals surface area contributed by atoms with Gasteiger partial charge in [0.15, 0.2) is 0 Å². The predicted octanol–water partition coefficient (Wildman–Crippen LogP) is 2.81. The van der Waals surface area contributed by atoms with Crippen LogP contribution in [0.5, 0.6) is 0 Å². The summed E-state index contributed by atoms with van der Waals surface area (Å²) in [6, 6.07) is 5.03. The number of aryl methyl sites for hydroxylation is 1. The molecule has 0 amide bonds. The molecule has 2 rings (SSSR count). The van der Waals surface area contributed by atoms with Crippen molar-refractivity contribution in [3.8, 4) is 0 Å². The van der Waals surface area contributed by atoms with Crippen molar-refractivity contribution in [2.45, 2.75) is 6.10 Å². The van der Waals surface area contributed by atoms with E-state index in [4.69, 9.17) is 23.2 Å². The number of rotatable bonds is 2.